The van der Waals surface area contributed by atoms with E-state index >= 15 is 0 Å². The maximum atomic E-state index is 12.6. The highest BCUT2D eigenvalue weighted by atomic mass is 79.9. The molecule has 0 aliphatic carbocycles. The summed E-state index contributed by atoms with van der Waals surface area (Å²) < 4.78 is 30.1. The van der Waals surface area contributed by atoms with E-state index in [2.05, 4.69) is 32.0 Å². The number of hydrogen-bond acceptors (Lipinski definition) is 4. The lowest BCUT2D eigenvalue weighted by Gasteiger charge is -2.17. The summed E-state index contributed by atoms with van der Waals surface area (Å²) in [5.74, 6) is -0.0964. The molecule has 4 N–H and O–H groups in total. The van der Waals surface area contributed by atoms with Gasteiger partial charge in [0.2, 0.25) is 0 Å². The van der Waals surface area contributed by atoms with Gasteiger partial charge in [0, 0.05) is 22.1 Å². The fourth-order valence-corrected chi connectivity index (χ4v) is 2.69. The normalized spacial score (nSPS) is 12.8. The lowest BCUT2D eigenvalue weighted by atomic mass is 10.0. The molecular weight excluding hydrogens is 406 g/mol. The molecule has 0 spiro atoms. The van der Waals surface area contributed by atoms with Crippen molar-refractivity contribution in [1.29, 1.82) is 0 Å². The first-order valence-corrected chi connectivity index (χ1v) is 8.11. The second kappa shape index (κ2) is 7.55. The van der Waals surface area contributed by atoms with Crippen molar-refractivity contribution in [2.24, 2.45) is 0 Å². The van der Waals surface area contributed by atoms with Crippen molar-refractivity contribution in [1.82, 2.24) is 0 Å². The first-order chi connectivity index (χ1) is 11.2. The number of nitrogen functional groups attached to an aromatic ring is 1. The minimum atomic E-state index is -3.76. The smallest absolute Gasteiger partial charge is 0.420 e. The lowest BCUT2D eigenvalue weighted by molar-refractivity contribution is -0.0964. The Morgan fingerprint density at radius 2 is 2.17 bits per heavy atom. The van der Waals surface area contributed by atoms with Gasteiger partial charge in [-0.3, -0.25) is 0 Å². The zero-order valence-corrected chi connectivity index (χ0v) is 15.0. The van der Waals surface area contributed by atoms with Gasteiger partial charge in [0.15, 0.2) is 0 Å². The SMILES string of the molecule is C[C@H](CO)Nc1c(N)cc(-c2[c]cc(OC(F)(F)Cl)cc2)cc1Br. The number of halogens is 4. The van der Waals surface area contributed by atoms with E-state index in [0.29, 0.717) is 21.4 Å². The van der Waals surface area contributed by atoms with Gasteiger partial charge in [-0.25, -0.2) is 0 Å². The second-order valence-electron chi connectivity index (χ2n) is 5.14. The van der Waals surface area contributed by atoms with E-state index < -0.39 is 5.57 Å². The van der Waals surface area contributed by atoms with E-state index in [9.17, 15) is 8.78 Å². The lowest BCUT2D eigenvalue weighted by Crippen LogP contribution is -2.20. The fraction of sp³-hybridized carbons (Fsp3) is 0.250. The highest BCUT2D eigenvalue weighted by Crippen LogP contribution is 2.35. The number of aliphatic hydroxyl groups is 1. The molecule has 0 aliphatic heterocycles. The molecule has 0 bridgehead atoms. The third kappa shape index (κ3) is 4.96. The Morgan fingerprint density at radius 3 is 2.67 bits per heavy atom. The maximum absolute atomic E-state index is 12.6. The Morgan fingerprint density at radius 1 is 1.46 bits per heavy atom. The molecule has 1 atom stereocenters. The zero-order chi connectivity index (χ0) is 17.9. The van der Waals surface area contributed by atoms with Crippen molar-refractivity contribution < 1.29 is 18.6 Å². The standard InChI is InChI=1S/C16H15BrClF2N2O2/c1-9(8-23)22-15-13(17)6-11(7-14(15)21)10-2-4-12(5-3-10)24-16(18,19)20/h2,4-7,9,22-23H,8,21H2,1H3/t9-/m1/s1. The molecule has 0 saturated carbocycles. The maximum Gasteiger partial charge on any atom is 0.487 e. The highest BCUT2D eigenvalue weighted by Gasteiger charge is 2.27. The molecule has 1 radical (unpaired) electrons. The quantitative estimate of drug-likeness (QED) is 0.477. The largest absolute Gasteiger partial charge is 0.487 e. The number of anilines is 2. The number of ether oxygens (including phenoxy) is 1. The molecule has 0 heterocycles. The van der Waals surface area contributed by atoms with Gasteiger partial charge in [-0.05, 0) is 64.3 Å². The van der Waals surface area contributed by atoms with E-state index in [1.54, 1.807) is 12.1 Å². The van der Waals surface area contributed by atoms with Crippen LogP contribution in [0.5, 0.6) is 5.75 Å². The van der Waals surface area contributed by atoms with Crippen LogP contribution in [0.25, 0.3) is 11.1 Å². The molecule has 129 valence electrons. The van der Waals surface area contributed by atoms with Gasteiger partial charge in [0.25, 0.3) is 0 Å². The monoisotopic (exact) mass is 419 g/mol. The Labute approximate surface area is 151 Å². The van der Waals surface area contributed by atoms with Crippen LogP contribution in [0, 0.1) is 6.07 Å². The van der Waals surface area contributed by atoms with Gasteiger partial charge < -0.3 is 20.9 Å². The molecule has 0 fully saturated rings. The average Bonchev–Trinajstić information content (AvgIpc) is 2.49. The number of benzene rings is 2. The van der Waals surface area contributed by atoms with Crippen LogP contribution in [0.15, 0.2) is 34.8 Å². The summed E-state index contributed by atoms with van der Waals surface area (Å²) in [6, 6.07) is 10.4. The van der Waals surface area contributed by atoms with Gasteiger partial charge in [0.05, 0.1) is 18.0 Å². The van der Waals surface area contributed by atoms with Crippen LogP contribution >= 0.6 is 27.5 Å². The van der Waals surface area contributed by atoms with Gasteiger partial charge in [-0.1, -0.05) is 6.07 Å². The van der Waals surface area contributed by atoms with Crippen molar-refractivity contribution in [3.63, 3.8) is 0 Å². The van der Waals surface area contributed by atoms with Crippen molar-refractivity contribution in [3.8, 4) is 16.9 Å². The number of aliphatic hydroxyl groups excluding tert-OH is 1. The van der Waals surface area contributed by atoms with Crippen LogP contribution < -0.4 is 15.8 Å². The van der Waals surface area contributed by atoms with Gasteiger partial charge in [-0.15, -0.1) is 8.78 Å². The molecule has 0 amide bonds. The van der Waals surface area contributed by atoms with Crippen molar-refractivity contribution in [3.05, 3.63) is 40.9 Å². The number of nitrogens with two attached hydrogens (primary N) is 1. The Kier molecular flexibility index (Phi) is 5.90. The first-order valence-electron chi connectivity index (χ1n) is 6.94. The summed E-state index contributed by atoms with van der Waals surface area (Å²) in [4.78, 5) is 0. The van der Waals surface area contributed by atoms with Crippen molar-refractivity contribution in [2.45, 2.75) is 18.5 Å². The number of hydrogen-bond donors (Lipinski definition) is 3. The Hall–Kier alpha value is -1.57. The minimum Gasteiger partial charge on any atom is -0.420 e. The van der Waals surface area contributed by atoms with Crippen LogP contribution in [0.1, 0.15) is 6.92 Å². The fourth-order valence-electron chi connectivity index (χ4n) is 2.02. The van der Waals surface area contributed by atoms with Gasteiger partial charge in [0.1, 0.15) is 5.75 Å². The molecule has 0 unspecified atom stereocenters. The molecule has 4 nitrogen and oxygen atoms in total. The van der Waals surface area contributed by atoms with Crippen LogP contribution in [0.3, 0.4) is 0 Å². The molecule has 0 aromatic heterocycles. The molecular formula is C16H15BrClF2N2O2. The summed E-state index contributed by atoms with van der Waals surface area (Å²) in [5, 5.41) is 12.2. The number of nitrogens with one attached hydrogen (secondary N) is 1. The van der Waals surface area contributed by atoms with Crippen molar-refractivity contribution >= 4 is 38.9 Å². The Balaban J connectivity index is 2.26. The summed E-state index contributed by atoms with van der Waals surface area (Å²) in [6.07, 6.45) is 0. The minimum absolute atomic E-state index is 0.0337. The van der Waals surface area contributed by atoms with Gasteiger partial charge >= 0.3 is 5.57 Å². The zero-order valence-electron chi connectivity index (χ0n) is 12.6. The Bertz CT molecular complexity index is 685. The van der Waals surface area contributed by atoms with E-state index in [-0.39, 0.29) is 18.4 Å². The summed E-state index contributed by atoms with van der Waals surface area (Å²) >= 11 is 8.15. The van der Waals surface area contributed by atoms with Crippen LogP contribution in [-0.4, -0.2) is 23.3 Å². The van der Waals surface area contributed by atoms with Gasteiger partial charge in [-0.2, -0.15) is 0 Å². The van der Waals surface area contributed by atoms with E-state index in [1.807, 2.05) is 13.0 Å². The van der Waals surface area contributed by atoms with E-state index in [4.69, 9.17) is 22.4 Å². The molecule has 8 heteroatoms. The summed E-state index contributed by atoms with van der Waals surface area (Å²) in [7, 11) is 0. The third-order valence-corrected chi connectivity index (χ3v) is 3.82. The first kappa shape index (κ1) is 18.8. The topological polar surface area (TPSA) is 67.5 Å². The van der Waals surface area contributed by atoms with E-state index in [1.165, 1.54) is 12.1 Å². The molecule has 24 heavy (non-hydrogen) atoms. The highest BCUT2D eigenvalue weighted by molar-refractivity contribution is 9.10. The molecule has 0 aliphatic rings. The average molecular weight is 421 g/mol. The second-order valence-corrected chi connectivity index (χ2v) is 6.43. The summed E-state index contributed by atoms with van der Waals surface area (Å²) in [6.45, 7) is 1.78. The number of rotatable bonds is 6. The predicted molar refractivity (Wildman–Crippen MR) is 94.4 cm³/mol. The summed E-state index contributed by atoms with van der Waals surface area (Å²) in [5.41, 5.74) is 4.81. The third-order valence-electron chi connectivity index (χ3n) is 3.11. The molecule has 2 aromatic rings. The van der Waals surface area contributed by atoms with E-state index in [0.717, 1.165) is 5.56 Å². The van der Waals surface area contributed by atoms with Crippen LogP contribution in [0.4, 0.5) is 20.2 Å². The van der Waals surface area contributed by atoms with Crippen molar-refractivity contribution in [2.75, 3.05) is 17.7 Å². The van der Waals surface area contributed by atoms with Crippen LogP contribution in [0.2, 0.25) is 0 Å². The van der Waals surface area contributed by atoms with Crippen LogP contribution in [-0.2, 0) is 0 Å². The predicted octanol–water partition coefficient (Wildman–Crippen LogP) is 4.46. The molecule has 2 rings (SSSR count). The molecule has 0 saturated heterocycles. The molecule has 2 aromatic carbocycles. The number of alkyl halides is 3.